The van der Waals surface area contributed by atoms with Crippen LogP contribution in [0.3, 0.4) is 0 Å². The van der Waals surface area contributed by atoms with Crippen LogP contribution in [0.15, 0.2) is 53.6 Å². The summed E-state index contributed by atoms with van der Waals surface area (Å²) >= 11 is 0. The van der Waals surface area contributed by atoms with Gasteiger partial charge in [-0.2, -0.15) is 0 Å². The highest BCUT2D eigenvalue weighted by Crippen LogP contribution is 2.70. The molecule has 21 nitrogen and oxygen atoms in total. The van der Waals surface area contributed by atoms with Crippen molar-refractivity contribution in [1.29, 1.82) is 0 Å². The maximum absolute atomic E-state index is 14.8. The maximum Gasteiger partial charge on any atom is 0.340 e. The molecule has 0 aromatic carbocycles. The van der Waals surface area contributed by atoms with E-state index < -0.39 is 143 Å². The molecule has 0 radical (unpaired) electrons. The van der Waals surface area contributed by atoms with Crippen LogP contribution in [-0.2, 0) is 78.4 Å². The summed E-state index contributed by atoms with van der Waals surface area (Å²) in [5.74, 6) is -12.5. The van der Waals surface area contributed by atoms with Gasteiger partial charge < -0.3 is 52.3 Å². The van der Waals surface area contributed by atoms with Crippen molar-refractivity contribution in [1.82, 2.24) is 9.55 Å². The Balaban J connectivity index is 1.82. The summed E-state index contributed by atoms with van der Waals surface area (Å²) in [5, 5.41) is 13.8. The van der Waals surface area contributed by atoms with E-state index in [9.17, 15) is 48.3 Å². The van der Waals surface area contributed by atoms with Gasteiger partial charge in [-0.25, -0.2) is 14.4 Å². The number of carbonyl (C=O) groups excluding carboxylic acids is 8. The molecule has 0 amide bonds. The Morgan fingerprint density at radius 2 is 1.48 bits per heavy atom. The van der Waals surface area contributed by atoms with E-state index in [4.69, 9.17) is 42.6 Å². The molecule has 2 saturated carbocycles. The molecular weight excluding hydrogens is 872 g/mol. The van der Waals surface area contributed by atoms with Gasteiger partial charge in [-0.15, -0.1) is 0 Å². The molecule has 13 unspecified atom stereocenters. The zero-order chi connectivity index (χ0) is 48.8. The van der Waals surface area contributed by atoms with Gasteiger partial charge in [0, 0.05) is 65.2 Å². The summed E-state index contributed by atoms with van der Waals surface area (Å²) in [6.07, 6.45) is -8.07. The van der Waals surface area contributed by atoms with E-state index in [1.807, 2.05) is 0 Å². The lowest BCUT2D eigenvalue weighted by molar-refractivity contribution is -0.385. The number of aromatic nitrogens is 2. The van der Waals surface area contributed by atoms with Gasteiger partial charge in [-0.05, 0) is 39.0 Å². The molecule has 356 valence electrons. The van der Waals surface area contributed by atoms with Crippen molar-refractivity contribution in [3.05, 3.63) is 76.0 Å². The Hall–Kier alpha value is -6.48. The summed E-state index contributed by atoms with van der Waals surface area (Å²) in [4.78, 5) is 128. The first-order valence-corrected chi connectivity index (χ1v) is 21.0. The number of carbonyl (C=O) groups is 8. The van der Waals surface area contributed by atoms with Crippen LogP contribution < -0.4 is 5.56 Å². The second kappa shape index (κ2) is 18.1. The van der Waals surface area contributed by atoms with Crippen molar-refractivity contribution in [3.63, 3.8) is 0 Å². The second-order valence-electron chi connectivity index (χ2n) is 17.3. The van der Waals surface area contributed by atoms with Crippen LogP contribution in [0.5, 0.6) is 0 Å². The summed E-state index contributed by atoms with van der Waals surface area (Å²) in [7, 11) is 1.34. The Labute approximate surface area is 377 Å². The van der Waals surface area contributed by atoms with Crippen molar-refractivity contribution in [2.24, 2.45) is 24.3 Å². The fourth-order valence-corrected chi connectivity index (χ4v) is 10.1. The van der Waals surface area contributed by atoms with Crippen LogP contribution in [0.25, 0.3) is 0 Å². The number of nitrogens with zero attached hydrogens (tertiary/aromatic N) is 2. The van der Waals surface area contributed by atoms with Crippen molar-refractivity contribution in [2.45, 2.75) is 122 Å². The second-order valence-corrected chi connectivity index (χ2v) is 17.3. The number of allylic oxidation sites excluding steroid dienone is 1. The molecule has 1 N–H and O–H groups in total. The van der Waals surface area contributed by atoms with Crippen molar-refractivity contribution in [3.8, 4) is 0 Å². The topological polar surface area (TPSA) is 275 Å². The first-order chi connectivity index (χ1) is 30.9. The van der Waals surface area contributed by atoms with E-state index in [0.29, 0.717) is 0 Å². The molecule has 1 spiro atoms. The molecule has 6 rings (SSSR count). The first kappa shape index (κ1) is 49.0. The third-order valence-electron chi connectivity index (χ3n) is 12.9. The molecule has 2 aromatic rings. The van der Waals surface area contributed by atoms with Crippen LogP contribution in [0.1, 0.15) is 94.6 Å². The number of rotatable bonds is 9. The monoisotopic (exact) mass is 924 g/mol. The van der Waals surface area contributed by atoms with Crippen LogP contribution in [0.2, 0.25) is 0 Å². The van der Waals surface area contributed by atoms with E-state index >= 15 is 0 Å². The van der Waals surface area contributed by atoms with Gasteiger partial charge in [0.25, 0.3) is 0 Å². The fraction of sp³-hybridized carbons (Fsp3) is 0.556. The highest BCUT2D eigenvalue weighted by Gasteiger charge is 2.92. The van der Waals surface area contributed by atoms with Crippen molar-refractivity contribution in [2.75, 3.05) is 13.2 Å². The largest absolute Gasteiger partial charge is 0.465 e. The van der Waals surface area contributed by atoms with Gasteiger partial charge in [0.1, 0.15) is 42.0 Å². The maximum atomic E-state index is 14.8. The molecule has 4 aliphatic rings. The third-order valence-corrected chi connectivity index (χ3v) is 12.9. The lowest BCUT2D eigenvalue weighted by Gasteiger charge is -2.67. The van der Waals surface area contributed by atoms with Crippen molar-refractivity contribution < 1.29 is 86.1 Å². The molecular formula is C45H52N2O19. The summed E-state index contributed by atoms with van der Waals surface area (Å²) in [6.45, 7) is 8.88. The zero-order valence-electron chi connectivity index (χ0n) is 37.9. The number of aliphatic hydroxyl groups is 1. The molecule has 4 bridgehead atoms. The van der Waals surface area contributed by atoms with Crippen LogP contribution in [-0.4, -0.2) is 129 Å². The van der Waals surface area contributed by atoms with Gasteiger partial charge in [0.2, 0.25) is 5.56 Å². The van der Waals surface area contributed by atoms with Crippen LogP contribution in [0.4, 0.5) is 0 Å². The number of hydrogen-bond donors (Lipinski definition) is 1. The standard InChI is InChI=1S/C45H52N2O19/c1-11-13-30(53)63-38-34(64-40(55)27-15-16-29(52)47(10)18-27)36-43(9,57)45-35(61-25(6)50)31(33(60-24(5)49)37(62-26(7)51)44(38,45)20-58-23(4)48)42(8,66-45)19-59-41(56)28-14-12-17-46-32(28)21(2)22(3)39(54)65-36/h11-18,21-22,31,33-38,57H,19-20H2,1-10H3/b13-11+. The Kier molecular flexibility index (Phi) is 13.4. The van der Waals surface area contributed by atoms with Gasteiger partial charge in [0.05, 0.1) is 28.7 Å². The quantitative estimate of drug-likeness (QED) is 0.212. The predicted molar refractivity (Wildman–Crippen MR) is 220 cm³/mol. The number of ether oxygens (including phenoxy) is 9. The molecule has 4 heterocycles. The predicted octanol–water partition coefficient (Wildman–Crippen LogP) is 1.58. The minimum absolute atomic E-state index is 0.0771. The van der Waals surface area contributed by atoms with E-state index in [0.717, 1.165) is 63.6 Å². The lowest BCUT2D eigenvalue weighted by atomic mass is 9.45. The summed E-state index contributed by atoms with van der Waals surface area (Å²) in [6, 6.07) is 5.03. The van der Waals surface area contributed by atoms with Crippen LogP contribution >= 0.6 is 0 Å². The highest BCUT2D eigenvalue weighted by molar-refractivity contribution is 5.91. The van der Waals surface area contributed by atoms with E-state index in [-0.39, 0.29) is 16.8 Å². The lowest BCUT2D eigenvalue weighted by Crippen LogP contribution is -2.89. The average molecular weight is 925 g/mol. The first-order valence-electron chi connectivity index (χ1n) is 21.0. The van der Waals surface area contributed by atoms with Crippen molar-refractivity contribution >= 4 is 47.8 Å². The van der Waals surface area contributed by atoms with Gasteiger partial charge in [-0.1, -0.05) is 19.9 Å². The molecule has 2 aliphatic heterocycles. The highest BCUT2D eigenvalue weighted by atomic mass is 16.7. The fourth-order valence-electron chi connectivity index (χ4n) is 10.1. The molecule has 1 saturated heterocycles. The average Bonchev–Trinajstić information content (AvgIpc) is 3.45. The Bertz CT molecular complexity index is 2430. The SMILES string of the molecule is C/C=C/C(=O)OC1C(OC(=O)c2ccc(=O)n(C)c2)C2OC(=O)C(C)C(C)c3ncccc3C(=O)OCC3(C)OC4(C(OC(C)=O)C3C(OC(C)=O)C(OC(C)=O)C14COC(C)=O)C2(C)O. The third kappa shape index (κ3) is 8.11. The normalized spacial score (nSPS) is 34.7. The van der Waals surface area contributed by atoms with Gasteiger partial charge >= 0.3 is 47.8 Å². The van der Waals surface area contributed by atoms with E-state index in [1.165, 1.54) is 52.2 Å². The number of aryl methyl sites for hydroxylation is 1. The number of pyridine rings is 2. The Morgan fingerprint density at radius 1 is 0.848 bits per heavy atom. The number of hydrogen-bond acceptors (Lipinski definition) is 20. The molecule has 3 fully saturated rings. The number of esters is 8. The molecule has 2 aromatic heterocycles. The molecule has 2 aliphatic carbocycles. The Morgan fingerprint density at radius 3 is 2.09 bits per heavy atom. The number of fused-ring (bicyclic) bond motifs is 5. The number of cyclic esters (lactones) is 1. The smallest absolute Gasteiger partial charge is 0.340 e. The minimum Gasteiger partial charge on any atom is -0.465 e. The minimum atomic E-state index is -2.95. The summed E-state index contributed by atoms with van der Waals surface area (Å²) in [5.41, 5.74) is -11.5. The molecule has 21 heteroatoms. The van der Waals surface area contributed by atoms with E-state index in [2.05, 4.69) is 4.98 Å². The molecule has 13 atom stereocenters. The van der Waals surface area contributed by atoms with Gasteiger partial charge in [-0.3, -0.25) is 33.8 Å². The zero-order valence-corrected chi connectivity index (χ0v) is 37.9. The molecule has 66 heavy (non-hydrogen) atoms. The summed E-state index contributed by atoms with van der Waals surface area (Å²) < 4.78 is 56.8. The van der Waals surface area contributed by atoms with Crippen LogP contribution in [0, 0.1) is 17.3 Å². The van der Waals surface area contributed by atoms with E-state index in [1.54, 1.807) is 6.92 Å². The van der Waals surface area contributed by atoms with Gasteiger partial charge in [0.15, 0.2) is 30.0 Å².